The molecule has 1 aromatic carbocycles. The summed E-state index contributed by atoms with van der Waals surface area (Å²) in [6.07, 6.45) is 1.11. The third kappa shape index (κ3) is 4.32. The molecule has 4 aromatic rings. The Labute approximate surface area is 163 Å². The number of hydrogen-bond donors (Lipinski definition) is 2. The number of nitrogens with one attached hydrogen (secondary N) is 1. The SMILES string of the molecule is Cc1cc(C)n(CC(O)CN(Cc2nc3ccccc3[nH]2)Cc2ccco2)n1. The van der Waals surface area contributed by atoms with Crippen LogP contribution >= 0.6 is 0 Å². The van der Waals surface area contributed by atoms with E-state index < -0.39 is 6.10 Å². The monoisotopic (exact) mass is 379 g/mol. The Bertz CT molecular complexity index is 1000. The molecule has 7 nitrogen and oxygen atoms in total. The number of aliphatic hydroxyl groups is 1. The van der Waals surface area contributed by atoms with Crippen molar-refractivity contribution in [1.82, 2.24) is 24.6 Å². The third-order valence-corrected chi connectivity index (χ3v) is 4.73. The van der Waals surface area contributed by atoms with Gasteiger partial charge in [-0.15, -0.1) is 0 Å². The molecule has 7 heteroatoms. The van der Waals surface area contributed by atoms with Crippen LogP contribution in [0.4, 0.5) is 0 Å². The lowest BCUT2D eigenvalue weighted by Gasteiger charge is -2.23. The summed E-state index contributed by atoms with van der Waals surface area (Å²) in [6, 6.07) is 13.8. The van der Waals surface area contributed by atoms with Gasteiger partial charge in [-0.1, -0.05) is 12.1 Å². The second-order valence-corrected chi connectivity index (χ2v) is 7.21. The molecule has 28 heavy (non-hydrogen) atoms. The van der Waals surface area contributed by atoms with Crippen LogP contribution in [0.5, 0.6) is 0 Å². The van der Waals surface area contributed by atoms with Crippen molar-refractivity contribution in [2.24, 2.45) is 0 Å². The van der Waals surface area contributed by atoms with E-state index in [2.05, 4.69) is 20.0 Å². The fourth-order valence-corrected chi connectivity index (χ4v) is 3.52. The zero-order valence-corrected chi connectivity index (χ0v) is 16.2. The van der Waals surface area contributed by atoms with Crippen LogP contribution in [0.3, 0.4) is 0 Å². The number of nitrogens with zero attached hydrogens (tertiary/aromatic N) is 4. The number of aromatic amines is 1. The van der Waals surface area contributed by atoms with E-state index in [0.29, 0.717) is 26.2 Å². The molecule has 2 N–H and O–H groups in total. The molecule has 4 rings (SSSR count). The van der Waals surface area contributed by atoms with E-state index in [-0.39, 0.29) is 0 Å². The summed E-state index contributed by atoms with van der Waals surface area (Å²) in [6.45, 7) is 6.08. The molecular weight excluding hydrogens is 354 g/mol. The average molecular weight is 379 g/mol. The smallest absolute Gasteiger partial charge is 0.121 e. The Balaban J connectivity index is 1.48. The molecule has 0 aliphatic heterocycles. The summed E-state index contributed by atoms with van der Waals surface area (Å²) >= 11 is 0. The van der Waals surface area contributed by atoms with Crippen molar-refractivity contribution in [3.8, 4) is 0 Å². The second kappa shape index (κ2) is 8.00. The standard InChI is InChI=1S/C21H25N5O2/c1-15-10-16(2)26(24-15)12-17(27)11-25(13-18-6-5-9-28-18)14-21-22-19-7-3-4-8-20(19)23-21/h3-10,17,27H,11-14H2,1-2H3,(H,22,23). The highest BCUT2D eigenvalue weighted by Crippen LogP contribution is 2.15. The highest BCUT2D eigenvalue weighted by atomic mass is 16.3. The lowest BCUT2D eigenvalue weighted by molar-refractivity contribution is 0.0828. The minimum absolute atomic E-state index is 0.453. The first-order valence-electron chi connectivity index (χ1n) is 9.44. The van der Waals surface area contributed by atoms with Crippen LogP contribution in [0.2, 0.25) is 0 Å². The Kier molecular flexibility index (Phi) is 5.27. The molecule has 1 atom stereocenters. The van der Waals surface area contributed by atoms with Crippen molar-refractivity contribution in [2.75, 3.05) is 6.54 Å². The molecule has 0 bridgehead atoms. The van der Waals surface area contributed by atoms with Crippen LogP contribution in [-0.4, -0.2) is 42.4 Å². The minimum atomic E-state index is -0.558. The van der Waals surface area contributed by atoms with E-state index in [1.165, 1.54) is 0 Å². The summed E-state index contributed by atoms with van der Waals surface area (Å²) in [4.78, 5) is 10.2. The maximum Gasteiger partial charge on any atom is 0.121 e. The van der Waals surface area contributed by atoms with Crippen LogP contribution in [0.1, 0.15) is 23.0 Å². The zero-order chi connectivity index (χ0) is 19.5. The van der Waals surface area contributed by atoms with E-state index >= 15 is 0 Å². The number of benzene rings is 1. The van der Waals surface area contributed by atoms with Gasteiger partial charge in [-0.25, -0.2) is 4.98 Å². The predicted molar refractivity (Wildman–Crippen MR) is 107 cm³/mol. The normalized spacial score (nSPS) is 12.9. The van der Waals surface area contributed by atoms with Crippen LogP contribution in [0.15, 0.2) is 53.1 Å². The Morgan fingerprint density at radius 2 is 2.04 bits per heavy atom. The van der Waals surface area contributed by atoms with Crippen LogP contribution in [-0.2, 0) is 19.6 Å². The largest absolute Gasteiger partial charge is 0.468 e. The molecule has 0 saturated heterocycles. The van der Waals surface area contributed by atoms with Gasteiger partial charge in [0.2, 0.25) is 0 Å². The predicted octanol–water partition coefficient (Wildman–Crippen LogP) is 3.03. The van der Waals surface area contributed by atoms with Crippen molar-refractivity contribution in [3.63, 3.8) is 0 Å². The number of aromatic nitrogens is 4. The number of para-hydroxylation sites is 2. The molecule has 0 fully saturated rings. The van der Waals surface area contributed by atoms with Crippen LogP contribution in [0.25, 0.3) is 11.0 Å². The maximum atomic E-state index is 10.7. The number of hydrogen-bond acceptors (Lipinski definition) is 5. The fraction of sp³-hybridized carbons (Fsp3) is 0.333. The molecule has 0 amide bonds. The van der Waals surface area contributed by atoms with Gasteiger partial charge >= 0.3 is 0 Å². The van der Waals surface area contributed by atoms with Gasteiger partial charge in [0.05, 0.1) is 48.7 Å². The number of H-pyrrole nitrogens is 1. The molecule has 0 saturated carbocycles. The number of imidazole rings is 1. The van der Waals surface area contributed by atoms with E-state index in [0.717, 1.165) is 34.0 Å². The number of fused-ring (bicyclic) bond motifs is 1. The van der Waals surface area contributed by atoms with Gasteiger partial charge in [-0.2, -0.15) is 5.10 Å². The molecule has 0 aliphatic carbocycles. The molecular formula is C21H25N5O2. The zero-order valence-electron chi connectivity index (χ0n) is 16.2. The van der Waals surface area contributed by atoms with Crippen molar-refractivity contribution in [2.45, 2.75) is 39.6 Å². The lowest BCUT2D eigenvalue weighted by atomic mass is 10.3. The van der Waals surface area contributed by atoms with Crippen molar-refractivity contribution >= 4 is 11.0 Å². The molecule has 3 heterocycles. The van der Waals surface area contributed by atoms with E-state index in [9.17, 15) is 5.11 Å². The van der Waals surface area contributed by atoms with Gasteiger partial charge in [-0.3, -0.25) is 9.58 Å². The number of rotatable bonds is 8. The molecule has 146 valence electrons. The van der Waals surface area contributed by atoms with Gasteiger partial charge in [0.25, 0.3) is 0 Å². The van der Waals surface area contributed by atoms with E-state index in [1.807, 2.05) is 61.0 Å². The summed E-state index contributed by atoms with van der Waals surface area (Å²) < 4.78 is 7.36. The summed E-state index contributed by atoms with van der Waals surface area (Å²) in [5.41, 5.74) is 3.96. The second-order valence-electron chi connectivity index (χ2n) is 7.21. The summed E-state index contributed by atoms with van der Waals surface area (Å²) in [5.74, 6) is 1.72. The van der Waals surface area contributed by atoms with E-state index in [1.54, 1.807) is 6.26 Å². The minimum Gasteiger partial charge on any atom is -0.468 e. The maximum absolute atomic E-state index is 10.7. The first kappa shape index (κ1) is 18.5. The highest BCUT2D eigenvalue weighted by molar-refractivity contribution is 5.74. The summed E-state index contributed by atoms with van der Waals surface area (Å²) in [5, 5.41) is 15.1. The average Bonchev–Trinajstić information content (AvgIpc) is 3.35. The number of aryl methyl sites for hydroxylation is 2. The van der Waals surface area contributed by atoms with Gasteiger partial charge in [0.15, 0.2) is 0 Å². The van der Waals surface area contributed by atoms with Gasteiger partial charge in [0, 0.05) is 12.2 Å². The third-order valence-electron chi connectivity index (χ3n) is 4.73. The Hall–Kier alpha value is -2.90. The molecule has 3 aromatic heterocycles. The molecule has 0 aliphatic rings. The van der Waals surface area contributed by atoms with Gasteiger partial charge < -0.3 is 14.5 Å². The molecule has 0 spiro atoms. The van der Waals surface area contributed by atoms with Crippen LogP contribution in [0, 0.1) is 13.8 Å². The van der Waals surface area contributed by atoms with Gasteiger partial charge in [0.1, 0.15) is 11.6 Å². The lowest BCUT2D eigenvalue weighted by Crippen LogP contribution is -2.34. The Morgan fingerprint density at radius 1 is 1.18 bits per heavy atom. The topological polar surface area (TPSA) is 83.1 Å². The van der Waals surface area contributed by atoms with Crippen molar-refractivity contribution in [1.29, 1.82) is 0 Å². The number of aliphatic hydroxyl groups excluding tert-OH is 1. The van der Waals surface area contributed by atoms with E-state index in [4.69, 9.17) is 4.42 Å². The van der Waals surface area contributed by atoms with Crippen LogP contribution < -0.4 is 0 Å². The first-order valence-corrected chi connectivity index (χ1v) is 9.44. The fourth-order valence-electron chi connectivity index (χ4n) is 3.52. The summed E-state index contributed by atoms with van der Waals surface area (Å²) in [7, 11) is 0. The molecule has 1 unspecified atom stereocenters. The quantitative estimate of drug-likeness (QED) is 0.492. The number of furan rings is 1. The van der Waals surface area contributed by atoms with Crippen molar-refractivity contribution in [3.05, 3.63) is 71.7 Å². The van der Waals surface area contributed by atoms with Gasteiger partial charge in [-0.05, 0) is 44.2 Å². The Morgan fingerprint density at radius 3 is 2.75 bits per heavy atom. The first-order chi connectivity index (χ1) is 13.6. The molecule has 0 radical (unpaired) electrons. The van der Waals surface area contributed by atoms with Crippen molar-refractivity contribution < 1.29 is 9.52 Å². The highest BCUT2D eigenvalue weighted by Gasteiger charge is 2.17.